The van der Waals surface area contributed by atoms with E-state index in [4.69, 9.17) is 0 Å². The molecule has 0 radical (unpaired) electrons. The maximum atomic E-state index is 4.12. The Balaban J connectivity index is 2.02. The zero-order valence-electron chi connectivity index (χ0n) is 8.45. The topological polar surface area (TPSA) is 24.9 Å². The molecular formula is C12H10Br2N2. The normalized spacial score (nSPS) is 10.1. The lowest BCUT2D eigenvalue weighted by atomic mass is 10.2. The fraction of sp³-hybridized carbons (Fsp3) is 0.0833. The van der Waals surface area contributed by atoms with Gasteiger partial charge in [0.1, 0.15) is 0 Å². The van der Waals surface area contributed by atoms with Gasteiger partial charge in [0.05, 0.1) is 0 Å². The number of rotatable bonds is 3. The van der Waals surface area contributed by atoms with Crippen LogP contribution in [0.2, 0.25) is 0 Å². The summed E-state index contributed by atoms with van der Waals surface area (Å²) in [5, 5.41) is 3.34. The van der Waals surface area contributed by atoms with E-state index >= 15 is 0 Å². The largest absolute Gasteiger partial charge is 0.381 e. The van der Waals surface area contributed by atoms with E-state index in [0.717, 1.165) is 26.7 Å². The van der Waals surface area contributed by atoms with E-state index in [1.165, 1.54) is 0 Å². The highest BCUT2D eigenvalue weighted by atomic mass is 79.9. The molecule has 0 fully saturated rings. The molecule has 2 nitrogen and oxygen atoms in total. The van der Waals surface area contributed by atoms with Crippen LogP contribution in [0.25, 0.3) is 0 Å². The van der Waals surface area contributed by atoms with Crippen LogP contribution in [0.3, 0.4) is 0 Å². The molecule has 4 heteroatoms. The van der Waals surface area contributed by atoms with Crippen molar-refractivity contribution in [2.45, 2.75) is 6.54 Å². The first-order valence-electron chi connectivity index (χ1n) is 4.83. The Morgan fingerprint density at radius 1 is 1.06 bits per heavy atom. The highest BCUT2D eigenvalue weighted by Gasteiger charge is 1.96. The molecule has 1 heterocycles. The van der Waals surface area contributed by atoms with Gasteiger partial charge in [0.25, 0.3) is 0 Å². The summed E-state index contributed by atoms with van der Waals surface area (Å²) in [6.45, 7) is 0.767. The van der Waals surface area contributed by atoms with Crippen molar-refractivity contribution in [3.8, 4) is 0 Å². The summed E-state index contributed by atoms with van der Waals surface area (Å²) < 4.78 is 2.07. The first kappa shape index (κ1) is 11.6. The summed E-state index contributed by atoms with van der Waals surface area (Å²) in [4.78, 5) is 4.12. The van der Waals surface area contributed by atoms with E-state index < -0.39 is 0 Å². The monoisotopic (exact) mass is 340 g/mol. The number of nitrogens with zero attached hydrogens (tertiary/aromatic N) is 1. The average molecular weight is 342 g/mol. The van der Waals surface area contributed by atoms with Gasteiger partial charge in [0, 0.05) is 33.6 Å². The molecule has 16 heavy (non-hydrogen) atoms. The van der Waals surface area contributed by atoms with Crippen LogP contribution in [0, 0.1) is 0 Å². The second-order valence-electron chi connectivity index (χ2n) is 3.38. The zero-order chi connectivity index (χ0) is 11.4. The third-order valence-corrected chi connectivity index (χ3v) is 3.01. The van der Waals surface area contributed by atoms with Crippen LogP contribution in [0.4, 0.5) is 5.69 Å². The maximum absolute atomic E-state index is 4.12. The van der Waals surface area contributed by atoms with Gasteiger partial charge in [0.2, 0.25) is 0 Å². The molecule has 0 saturated carbocycles. The maximum Gasteiger partial charge on any atom is 0.0416 e. The van der Waals surface area contributed by atoms with Crippen LogP contribution < -0.4 is 5.32 Å². The quantitative estimate of drug-likeness (QED) is 0.904. The molecule has 2 aromatic rings. The summed E-state index contributed by atoms with van der Waals surface area (Å²) in [6.07, 6.45) is 3.64. The van der Waals surface area contributed by atoms with Gasteiger partial charge in [-0.3, -0.25) is 4.98 Å². The van der Waals surface area contributed by atoms with Crippen molar-refractivity contribution < 1.29 is 0 Å². The minimum atomic E-state index is 0.767. The number of halogens is 2. The van der Waals surface area contributed by atoms with Crippen molar-refractivity contribution >= 4 is 37.5 Å². The summed E-state index contributed by atoms with van der Waals surface area (Å²) in [5.74, 6) is 0. The molecule has 0 bridgehead atoms. The van der Waals surface area contributed by atoms with Gasteiger partial charge in [-0.05, 0) is 45.8 Å². The number of benzene rings is 1. The zero-order valence-corrected chi connectivity index (χ0v) is 11.6. The predicted molar refractivity (Wildman–Crippen MR) is 73.4 cm³/mol. The summed E-state index contributed by atoms with van der Waals surface area (Å²) in [5.41, 5.74) is 2.24. The third kappa shape index (κ3) is 3.32. The molecule has 1 N–H and O–H groups in total. The van der Waals surface area contributed by atoms with Crippen molar-refractivity contribution in [3.05, 3.63) is 57.2 Å². The lowest BCUT2D eigenvalue weighted by Gasteiger charge is -2.06. The molecular weight excluding hydrogens is 332 g/mol. The van der Waals surface area contributed by atoms with Crippen LogP contribution in [0.1, 0.15) is 5.56 Å². The Morgan fingerprint density at radius 3 is 2.69 bits per heavy atom. The SMILES string of the molecule is Brc1cncc(CNc2cccc(Br)c2)c1. The number of nitrogens with one attached hydrogen (secondary N) is 1. The number of hydrogen-bond acceptors (Lipinski definition) is 2. The van der Waals surface area contributed by atoms with Crippen LogP contribution in [0.5, 0.6) is 0 Å². The van der Waals surface area contributed by atoms with Crippen molar-refractivity contribution in [2.75, 3.05) is 5.32 Å². The molecule has 0 saturated heterocycles. The smallest absolute Gasteiger partial charge is 0.0416 e. The van der Waals surface area contributed by atoms with E-state index in [1.54, 1.807) is 6.20 Å². The molecule has 2 rings (SSSR count). The Kier molecular flexibility index (Phi) is 3.96. The van der Waals surface area contributed by atoms with Crippen LogP contribution >= 0.6 is 31.9 Å². The van der Waals surface area contributed by atoms with Gasteiger partial charge in [-0.25, -0.2) is 0 Å². The molecule has 0 spiro atoms. The molecule has 0 aliphatic heterocycles. The first-order chi connectivity index (χ1) is 7.74. The molecule has 0 amide bonds. The highest BCUT2D eigenvalue weighted by molar-refractivity contribution is 9.10. The summed E-state index contributed by atoms with van der Waals surface area (Å²) in [7, 11) is 0. The highest BCUT2D eigenvalue weighted by Crippen LogP contribution is 2.17. The molecule has 82 valence electrons. The Morgan fingerprint density at radius 2 is 1.94 bits per heavy atom. The molecule has 0 aliphatic carbocycles. The average Bonchev–Trinajstić information content (AvgIpc) is 2.27. The minimum Gasteiger partial charge on any atom is -0.381 e. The van der Waals surface area contributed by atoms with Crippen molar-refractivity contribution in [2.24, 2.45) is 0 Å². The lowest BCUT2D eigenvalue weighted by Crippen LogP contribution is -1.99. The van der Waals surface area contributed by atoms with Gasteiger partial charge in [-0.2, -0.15) is 0 Å². The number of pyridine rings is 1. The van der Waals surface area contributed by atoms with E-state index in [-0.39, 0.29) is 0 Å². The number of aromatic nitrogens is 1. The Hall–Kier alpha value is -0.870. The van der Waals surface area contributed by atoms with Gasteiger partial charge >= 0.3 is 0 Å². The molecule has 0 unspecified atom stereocenters. The number of anilines is 1. The van der Waals surface area contributed by atoms with Crippen molar-refractivity contribution in [1.29, 1.82) is 0 Å². The standard InChI is InChI=1S/C12H10Br2N2/c13-10-2-1-3-12(5-10)16-7-9-4-11(14)8-15-6-9/h1-6,8,16H,7H2. The van der Waals surface area contributed by atoms with Crippen LogP contribution in [0.15, 0.2) is 51.7 Å². The second-order valence-corrected chi connectivity index (χ2v) is 5.21. The van der Waals surface area contributed by atoms with Crippen molar-refractivity contribution in [3.63, 3.8) is 0 Å². The van der Waals surface area contributed by atoms with E-state index in [0.29, 0.717) is 0 Å². The molecule has 0 atom stereocenters. The van der Waals surface area contributed by atoms with E-state index in [9.17, 15) is 0 Å². The molecule has 1 aromatic heterocycles. The van der Waals surface area contributed by atoms with Crippen molar-refractivity contribution in [1.82, 2.24) is 4.98 Å². The minimum absolute atomic E-state index is 0.767. The molecule has 0 aliphatic rings. The third-order valence-electron chi connectivity index (χ3n) is 2.08. The van der Waals surface area contributed by atoms with Gasteiger partial charge in [-0.1, -0.05) is 22.0 Å². The fourth-order valence-corrected chi connectivity index (χ4v) is 2.17. The van der Waals surface area contributed by atoms with Crippen LogP contribution in [-0.4, -0.2) is 4.98 Å². The van der Waals surface area contributed by atoms with E-state index in [2.05, 4.69) is 48.2 Å². The number of hydrogen-bond donors (Lipinski definition) is 1. The van der Waals surface area contributed by atoms with Gasteiger partial charge in [0.15, 0.2) is 0 Å². The first-order valence-corrected chi connectivity index (χ1v) is 6.41. The summed E-state index contributed by atoms with van der Waals surface area (Å²) >= 11 is 6.84. The van der Waals surface area contributed by atoms with Gasteiger partial charge in [-0.15, -0.1) is 0 Å². The second kappa shape index (κ2) is 5.46. The molecule has 1 aromatic carbocycles. The summed E-state index contributed by atoms with van der Waals surface area (Å²) in [6, 6.07) is 10.1. The van der Waals surface area contributed by atoms with Gasteiger partial charge < -0.3 is 5.32 Å². The predicted octanol–water partition coefficient (Wildman–Crippen LogP) is 4.22. The Bertz CT molecular complexity index is 440. The van der Waals surface area contributed by atoms with E-state index in [1.807, 2.05) is 30.5 Å². The lowest BCUT2D eigenvalue weighted by molar-refractivity contribution is 1.11. The Labute approximate surface area is 111 Å². The fourth-order valence-electron chi connectivity index (χ4n) is 1.36. The van der Waals surface area contributed by atoms with Crippen LogP contribution in [-0.2, 0) is 6.54 Å².